The lowest BCUT2D eigenvalue weighted by Crippen LogP contribution is -2.24. The Balaban J connectivity index is 1.96. The Morgan fingerprint density at radius 2 is 1.83 bits per heavy atom. The second-order valence-corrected chi connectivity index (χ2v) is 5.89. The molecule has 0 fully saturated rings. The molecule has 1 aliphatic heterocycles. The van der Waals surface area contributed by atoms with E-state index in [9.17, 15) is 4.79 Å². The van der Waals surface area contributed by atoms with Crippen LogP contribution >= 0.6 is 15.9 Å². The molecule has 0 unspecified atom stereocenters. The highest BCUT2D eigenvalue weighted by molar-refractivity contribution is 9.10. The first kappa shape index (κ1) is 16.3. The first-order chi connectivity index (χ1) is 11.6. The summed E-state index contributed by atoms with van der Waals surface area (Å²) in [5.74, 6) is 1.44. The van der Waals surface area contributed by atoms with Crippen molar-refractivity contribution in [1.82, 2.24) is 5.32 Å². The third-order valence-electron chi connectivity index (χ3n) is 3.55. The molecule has 0 aliphatic carbocycles. The number of carbonyl (C=O) groups excluding carboxylic acids is 1. The van der Waals surface area contributed by atoms with Crippen LogP contribution in [0.4, 0.5) is 0 Å². The van der Waals surface area contributed by atoms with E-state index in [2.05, 4.69) is 26.2 Å². The van der Waals surface area contributed by atoms with E-state index in [1.54, 1.807) is 32.4 Å². The molecule has 0 saturated carbocycles. The molecular formula is C18H15BrN2O3. The van der Waals surface area contributed by atoms with Crippen molar-refractivity contribution in [2.45, 2.75) is 0 Å². The second kappa shape index (κ2) is 6.88. The maximum atomic E-state index is 12.2. The van der Waals surface area contributed by atoms with Crippen molar-refractivity contribution in [3.8, 4) is 11.5 Å². The Kier molecular flexibility index (Phi) is 4.66. The predicted octanol–water partition coefficient (Wildman–Crippen LogP) is 3.38. The molecule has 0 radical (unpaired) electrons. The molecule has 0 atom stereocenters. The highest BCUT2D eigenvalue weighted by atomic mass is 79.9. The largest absolute Gasteiger partial charge is 0.493 e. The molecule has 2 aromatic carbocycles. The standard InChI is InChI=1S/C18H15BrN2O3/c1-23-15-8-7-12(10-16(15)24-2)17-20-14(18(22)21-17)9-11-5-3-4-6-13(11)19/h3-10H,1-2H3,(H,20,21,22)/b14-9-. The minimum absolute atomic E-state index is 0.240. The van der Waals surface area contributed by atoms with E-state index in [4.69, 9.17) is 9.47 Å². The molecule has 0 spiro atoms. The van der Waals surface area contributed by atoms with E-state index in [0.29, 0.717) is 23.0 Å². The molecule has 6 heteroatoms. The smallest absolute Gasteiger partial charge is 0.275 e. The van der Waals surface area contributed by atoms with Gasteiger partial charge in [-0.15, -0.1) is 0 Å². The van der Waals surface area contributed by atoms with E-state index in [1.165, 1.54) is 0 Å². The fourth-order valence-corrected chi connectivity index (χ4v) is 2.73. The van der Waals surface area contributed by atoms with Gasteiger partial charge in [0.05, 0.1) is 14.2 Å². The van der Waals surface area contributed by atoms with Crippen LogP contribution < -0.4 is 14.8 Å². The maximum Gasteiger partial charge on any atom is 0.275 e. The van der Waals surface area contributed by atoms with Crippen molar-refractivity contribution in [2.75, 3.05) is 14.2 Å². The van der Waals surface area contributed by atoms with Gasteiger partial charge in [-0.1, -0.05) is 34.1 Å². The number of benzene rings is 2. The van der Waals surface area contributed by atoms with Crippen molar-refractivity contribution in [2.24, 2.45) is 4.99 Å². The average molecular weight is 387 g/mol. The van der Waals surface area contributed by atoms with Gasteiger partial charge in [0, 0.05) is 10.0 Å². The molecule has 2 aromatic rings. The van der Waals surface area contributed by atoms with Crippen LogP contribution in [0.3, 0.4) is 0 Å². The quantitative estimate of drug-likeness (QED) is 0.819. The van der Waals surface area contributed by atoms with E-state index in [1.807, 2.05) is 30.3 Å². The third kappa shape index (κ3) is 3.19. The van der Waals surface area contributed by atoms with Crippen LogP contribution in [0.5, 0.6) is 11.5 Å². The molecule has 1 heterocycles. The van der Waals surface area contributed by atoms with Gasteiger partial charge in [0.1, 0.15) is 11.5 Å². The topological polar surface area (TPSA) is 59.9 Å². The van der Waals surface area contributed by atoms with Crippen molar-refractivity contribution in [3.63, 3.8) is 0 Å². The summed E-state index contributed by atoms with van der Waals surface area (Å²) in [5.41, 5.74) is 1.99. The first-order valence-corrected chi connectivity index (χ1v) is 8.00. The average Bonchev–Trinajstić information content (AvgIpc) is 2.97. The fraction of sp³-hybridized carbons (Fsp3) is 0.111. The lowest BCUT2D eigenvalue weighted by Gasteiger charge is -2.09. The molecular weight excluding hydrogens is 372 g/mol. The minimum Gasteiger partial charge on any atom is -0.493 e. The monoisotopic (exact) mass is 386 g/mol. The van der Waals surface area contributed by atoms with Gasteiger partial charge in [-0.2, -0.15) is 0 Å². The van der Waals surface area contributed by atoms with Gasteiger partial charge in [0.2, 0.25) is 0 Å². The van der Waals surface area contributed by atoms with Crippen molar-refractivity contribution >= 4 is 33.7 Å². The van der Waals surface area contributed by atoms with Crippen molar-refractivity contribution in [1.29, 1.82) is 0 Å². The summed E-state index contributed by atoms with van der Waals surface area (Å²) in [6, 6.07) is 13.0. The highest BCUT2D eigenvalue weighted by Crippen LogP contribution is 2.28. The van der Waals surface area contributed by atoms with Crippen LogP contribution in [0.2, 0.25) is 0 Å². The molecule has 24 heavy (non-hydrogen) atoms. The van der Waals surface area contributed by atoms with E-state index < -0.39 is 0 Å². The van der Waals surface area contributed by atoms with Gasteiger partial charge in [-0.05, 0) is 35.9 Å². The Labute approximate surface area is 148 Å². The molecule has 122 valence electrons. The summed E-state index contributed by atoms with van der Waals surface area (Å²) in [4.78, 5) is 16.6. The van der Waals surface area contributed by atoms with Gasteiger partial charge in [-0.25, -0.2) is 4.99 Å². The van der Waals surface area contributed by atoms with Crippen LogP contribution in [0, 0.1) is 0 Å². The van der Waals surface area contributed by atoms with Crippen LogP contribution in [-0.4, -0.2) is 26.0 Å². The molecule has 0 aromatic heterocycles. The van der Waals surface area contributed by atoms with Crippen LogP contribution in [-0.2, 0) is 4.79 Å². The summed E-state index contributed by atoms with van der Waals surface area (Å²) in [6.45, 7) is 0. The fourth-order valence-electron chi connectivity index (χ4n) is 2.33. The number of nitrogens with one attached hydrogen (secondary N) is 1. The summed E-state index contributed by atoms with van der Waals surface area (Å²) in [6.07, 6.45) is 1.74. The van der Waals surface area contributed by atoms with Gasteiger partial charge >= 0.3 is 0 Å². The van der Waals surface area contributed by atoms with Gasteiger partial charge in [-0.3, -0.25) is 4.79 Å². The molecule has 5 nitrogen and oxygen atoms in total. The number of rotatable bonds is 4. The van der Waals surface area contributed by atoms with Crippen molar-refractivity contribution in [3.05, 3.63) is 63.8 Å². The third-order valence-corrected chi connectivity index (χ3v) is 4.27. The lowest BCUT2D eigenvalue weighted by molar-refractivity contribution is -0.115. The Bertz CT molecular complexity index is 859. The summed E-state index contributed by atoms with van der Waals surface area (Å²) < 4.78 is 11.4. The molecule has 0 bridgehead atoms. The van der Waals surface area contributed by atoms with Crippen LogP contribution in [0.25, 0.3) is 6.08 Å². The Morgan fingerprint density at radius 3 is 2.54 bits per heavy atom. The molecule has 1 aliphatic rings. The van der Waals surface area contributed by atoms with Crippen LogP contribution in [0.1, 0.15) is 11.1 Å². The number of halogens is 1. The number of amides is 1. The van der Waals surface area contributed by atoms with Gasteiger partial charge in [0.25, 0.3) is 5.91 Å². The van der Waals surface area contributed by atoms with E-state index >= 15 is 0 Å². The zero-order valence-corrected chi connectivity index (χ0v) is 14.8. The molecule has 0 saturated heterocycles. The number of hydrogen-bond donors (Lipinski definition) is 1. The van der Waals surface area contributed by atoms with E-state index in [0.717, 1.165) is 15.6 Å². The van der Waals surface area contributed by atoms with E-state index in [-0.39, 0.29) is 5.91 Å². The number of ether oxygens (including phenoxy) is 2. The zero-order valence-electron chi connectivity index (χ0n) is 13.2. The lowest BCUT2D eigenvalue weighted by atomic mass is 10.2. The second-order valence-electron chi connectivity index (χ2n) is 5.04. The van der Waals surface area contributed by atoms with Crippen LogP contribution in [0.15, 0.2) is 57.6 Å². The van der Waals surface area contributed by atoms with Gasteiger partial charge in [0.15, 0.2) is 11.5 Å². The Hall–Kier alpha value is -2.60. The first-order valence-electron chi connectivity index (χ1n) is 7.21. The number of methoxy groups -OCH3 is 2. The number of amidine groups is 1. The summed E-state index contributed by atoms with van der Waals surface area (Å²) in [7, 11) is 3.14. The minimum atomic E-state index is -0.240. The predicted molar refractivity (Wildman–Crippen MR) is 96.3 cm³/mol. The SMILES string of the molecule is COc1ccc(C2=N/C(=C\c3ccccc3Br)C(=O)N2)cc1OC. The highest BCUT2D eigenvalue weighted by Gasteiger charge is 2.22. The Morgan fingerprint density at radius 1 is 1.08 bits per heavy atom. The number of hydrogen-bond acceptors (Lipinski definition) is 4. The molecule has 3 rings (SSSR count). The maximum absolute atomic E-state index is 12.2. The molecule has 1 amide bonds. The number of aliphatic imine (C=N–C) groups is 1. The number of carbonyl (C=O) groups is 1. The summed E-state index contributed by atoms with van der Waals surface area (Å²) in [5, 5.41) is 2.78. The summed E-state index contributed by atoms with van der Waals surface area (Å²) >= 11 is 3.46. The van der Waals surface area contributed by atoms with Crippen molar-refractivity contribution < 1.29 is 14.3 Å². The number of nitrogens with zero attached hydrogens (tertiary/aromatic N) is 1. The normalized spacial score (nSPS) is 15.2. The molecule has 1 N–H and O–H groups in total. The zero-order chi connectivity index (χ0) is 17.1. The van der Waals surface area contributed by atoms with Gasteiger partial charge < -0.3 is 14.8 Å².